The molecule has 0 bridgehead atoms. The van der Waals surface area contributed by atoms with Gasteiger partial charge in [-0.3, -0.25) is 4.79 Å². The van der Waals surface area contributed by atoms with E-state index in [1.54, 1.807) is 6.08 Å². The fourth-order valence-corrected chi connectivity index (χ4v) is 8.53. The summed E-state index contributed by atoms with van der Waals surface area (Å²) in [6, 6.07) is -0.816. The largest absolute Gasteiger partial charge is 0.394 e. The van der Waals surface area contributed by atoms with Gasteiger partial charge in [-0.1, -0.05) is 274 Å². The fraction of sp³-hybridized carbons (Fsp3) is 0.845. The molecule has 63 heavy (non-hydrogen) atoms. The molecular weight excluding hydrogens is 775 g/mol. The Kier molecular flexibility index (Phi) is 51.5. The van der Waals surface area contributed by atoms with Crippen LogP contribution in [0.5, 0.6) is 0 Å². The summed E-state index contributed by atoms with van der Waals surface area (Å²) >= 11 is 0. The van der Waals surface area contributed by atoms with E-state index >= 15 is 0 Å². The molecule has 0 rings (SSSR count). The molecule has 0 aliphatic rings. The van der Waals surface area contributed by atoms with Crippen LogP contribution in [0.25, 0.3) is 0 Å². The topological polar surface area (TPSA) is 89.8 Å². The van der Waals surface area contributed by atoms with Crippen LogP contribution >= 0.6 is 0 Å². The number of allylic oxidation sites excluding steroid dienone is 7. The summed E-state index contributed by atoms with van der Waals surface area (Å²) in [6.07, 6.45) is 70.4. The van der Waals surface area contributed by atoms with Crippen LogP contribution in [0.4, 0.5) is 0 Å². The Hall–Kier alpha value is -1.69. The second-order valence-electron chi connectivity index (χ2n) is 19.1. The average Bonchev–Trinajstić information content (AvgIpc) is 3.29. The van der Waals surface area contributed by atoms with Crippen molar-refractivity contribution in [2.24, 2.45) is 0 Å². The first kappa shape index (κ1) is 61.3. The molecule has 0 saturated carbocycles. The number of hydrogen-bond donors (Lipinski definition) is 4. The van der Waals surface area contributed by atoms with Gasteiger partial charge in [0.05, 0.1) is 18.8 Å². The number of nitrogens with one attached hydrogen (secondary N) is 1. The van der Waals surface area contributed by atoms with Crippen molar-refractivity contribution >= 4 is 5.91 Å². The summed E-state index contributed by atoms with van der Waals surface area (Å²) in [4.78, 5) is 12.5. The van der Waals surface area contributed by atoms with Gasteiger partial charge in [-0.05, 0) is 64.2 Å². The van der Waals surface area contributed by atoms with Crippen LogP contribution < -0.4 is 5.32 Å². The maximum absolute atomic E-state index is 12.5. The average molecular weight is 885 g/mol. The number of aliphatic hydroxyl groups is 3. The van der Waals surface area contributed by atoms with Crippen molar-refractivity contribution in [3.63, 3.8) is 0 Å². The molecule has 0 heterocycles. The highest BCUT2D eigenvalue weighted by molar-refractivity contribution is 5.80. The molecule has 0 spiro atoms. The summed E-state index contributed by atoms with van der Waals surface area (Å²) in [5, 5.41) is 33.3. The number of aliphatic hydroxyl groups excluding tert-OH is 3. The zero-order valence-corrected chi connectivity index (χ0v) is 42.2. The molecular formula is C58H109NO4. The van der Waals surface area contributed by atoms with E-state index in [4.69, 9.17) is 0 Å². The molecule has 0 aliphatic carbocycles. The van der Waals surface area contributed by atoms with Crippen LogP contribution in [-0.2, 0) is 4.79 Å². The summed E-state index contributed by atoms with van der Waals surface area (Å²) < 4.78 is 0. The van der Waals surface area contributed by atoms with Crippen molar-refractivity contribution in [2.75, 3.05) is 6.61 Å². The predicted octanol–water partition coefficient (Wildman–Crippen LogP) is 17.2. The number of unbranched alkanes of at least 4 members (excludes halogenated alkanes) is 37. The van der Waals surface area contributed by atoms with Gasteiger partial charge in [0.1, 0.15) is 6.10 Å². The monoisotopic (exact) mass is 884 g/mol. The van der Waals surface area contributed by atoms with Crippen LogP contribution in [-0.4, -0.2) is 46.1 Å². The van der Waals surface area contributed by atoms with Gasteiger partial charge < -0.3 is 20.6 Å². The lowest BCUT2D eigenvalue weighted by Crippen LogP contribution is -2.48. The molecule has 0 fully saturated rings. The lowest BCUT2D eigenvalue weighted by molar-refractivity contribution is -0.131. The van der Waals surface area contributed by atoms with E-state index in [-0.39, 0.29) is 6.61 Å². The molecule has 0 aromatic carbocycles. The lowest BCUT2D eigenvalue weighted by atomic mass is 10.0. The second-order valence-corrected chi connectivity index (χ2v) is 19.1. The van der Waals surface area contributed by atoms with Gasteiger partial charge in [-0.2, -0.15) is 0 Å². The normalized spacial score (nSPS) is 13.7. The number of rotatable bonds is 51. The Labute approximate surface area is 393 Å². The van der Waals surface area contributed by atoms with Gasteiger partial charge in [-0.25, -0.2) is 0 Å². The molecule has 5 nitrogen and oxygen atoms in total. The first-order chi connectivity index (χ1) is 31.1. The first-order valence-electron chi connectivity index (χ1n) is 28.0. The standard InChI is InChI=1S/C58H109NO4/c1-3-5-7-9-11-13-15-17-19-21-23-24-25-26-27-28-29-30-31-32-33-35-37-39-41-43-45-47-49-51-53-57(62)58(63)59-55(54-60)56(61)52-50-48-46-44-42-40-38-36-34-22-20-18-16-14-12-10-8-6-4-2/h23-24,26-27,42,44,50,52,55-57,60-62H,3-22,25,28-41,43,45-49,51,53-54H2,1-2H3,(H,59,63)/b24-23-,27-26-,44-42+,52-50+. The van der Waals surface area contributed by atoms with Crippen molar-refractivity contribution in [1.82, 2.24) is 5.32 Å². The summed E-state index contributed by atoms with van der Waals surface area (Å²) in [6.45, 7) is 4.19. The van der Waals surface area contributed by atoms with Gasteiger partial charge >= 0.3 is 0 Å². The lowest BCUT2D eigenvalue weighted by Gasteiger charge is -2.21. The number of carbonyl (C=O) groups is 1. The van der Waals surface area contributed by atoms with Crippen molar-refractivity contribution < 1.29 is 20.1 Å². The minimum Gasteiger partial charge on any atom is -0.394 e. The molecule has 1 amide bonds. The van der Waals surface area contributed by atoms with E-state index in [0.717, 1.165) is 44.9 Å². The number of amides is 1. The van der Waals surface area contributed by atoms with Crippen molar-refractivity contribution in [2.45, 2.75) is 308 Å². The smallest absolute Gasteiger partial charge is 0.249 e. The number of hydrogen-bond acceptors (Lipinski definition) is 4. The van der Waals surface area contributed by atoms with Crippen LogP contribution in [0.1, 0.15) is 290 Å². The molecule has 0 aromatic rings. The fourth-order valence-electron chi connectivity index (χ4n) is 8.53. The summed E-state index contributed by atoms with van der Waals surface area (Å²) in [7, 11) is 0. The molecule has 370 valence electrons. The maximum atomic E-state index is 12.5. The van der Waals surface area contributed by atoms with Crippen LogP contribution in [0.3, 0.4) is 0 Å². The third-order valence-electron chi connectivity index (χ3n) is 12.9. The van der Waals surface area contributed by atoms with Gasteiger partial charge in [0.25, 0.3) is 0 Å². The van der Waals surface area contributed by atoms with Crippen molar-refractivity contribution in [3.05, 3.63) is 48.6 Å². The molecule has 0 saturated heterocycles. The van der Waals surface area contributed by atoms with Crippen LogP contribution in [0.2, 0.25) is 0 Å². The first-order valence-corrected chi connectivity index (χ1v) is 28.0. The highest BCUT2D eigenvalue weighted by Crippen LogP contribution is 2.16. The van der Waals surface area contributed by atoms with E-state index in [9.17, 15) is 20.1 Å². The zero-order valence-electron chi connectivity index (χ0n) is 42.2. The zero-order chi connectivity index (χ0) is 45.8. The summed E-state index contributed by atoms with van der Waals surface area (Å²) in [5.74, 6) is -0.511. The van der Waals surface area contributed by atoms with Gasteiger partial charge in [0.2, 0.25) is 5.91 Å². The van der Waals surface area contributed by atoms with E-state index in [1.165, 1.54) is 225 Å². The van der Waals surface area contributed by atoms with Gasteiger partial charge in [0.15, 0.2) is 0 Å². The molecule has 5 heteroatoms. The second kappa shape index (κ2) is 52.9. The Morgan fingerprint density at radius 2 is 0.698 bits per heavy atom. The third kappa shape index (κ3) is 48.1. The maximum Gasteiger partial charge on any atom is 0.249 e. The molecule has 0 radical (unpaired) electrons. The third-order valence-corrected chi connectivity index (χ3v) is 12.9. The Balaban J connectivity index is 3.60. The molecule has 3 unspecified atom stereocenters. The van der Waals surface area contributed by atoms with E-state index < -0.39 is 24.2 Å². The molecule has 4 N–H and O–H groups in total. The highest BCUT2D eigenvalue weighted by Gasteiger charge is 2.22. The van der Waals surface area contributed by atoms with Crippen LogP contribution in [0, 0.1) is 0 Å². The molecule has 3 atom stereocenters. The van der Waals surface area contributed by atoms with Crippen LogP contribution in [0.15, 0.2) is 48.6 Å². The highest BCUT2D eigenvalue weighted by atomic mass is 16.3. The number of carbonyl (C=O) groups excluding carboxylic acids is 1. The Morgan fingerprint density at radius 3 is 1.06 bits per heavy atom. The minimum atomic E-state index is -1.11. The molecule has 0 aliphatic heterocycles. The Morgan fingerprint density at radius 1 is 0.397 bits per heavy atom. The van der Waals surface area contributed by atoms with Gasteiger partial charge in [0, 0.05) is 0 Å². The van der Waals surface area contributed by atoms with Crippen molar-refractivity contribution in [3.8, 4) is 0 Å². The molecule has 0 aromatic heterocycles. The SMILES string of the molecule is CCCCCCCCCCC/C=C\C/C=C\CCCCCCCCCCCCCCCCC(O)C(=O)NC(CO)C(O)/C=C/CC/C=C/CCCCCCCCCCCCCCC. The predicted molar refractivity (Wildman–Crippen MR) is 277 cm³/mol. The summed E-state index contributed by atoms with van der Waals surface area (Å²) in [5.41, 5.74) is 0. The quantitative estimate of drug-likeness (QED) is 0.0362. The Bertz CT molecular complexity index is 1020. The minimum absolute atomic E-state index is 0.376. The van der Waals surface area contributed by atoms with E-state index in [1.807, 2.05) is 6.08 Å². The van der Waals surface area contributed by atoms with E-state index in [0.29, 0.717) is 6.42 Å². The van der Waals surface area contributed by atoms with Crippen molar-refractivity contribution in [1.29, 1.82) is 0 Å². The van der Waals surface area contributed by atoms with Gasteiger partial charge in [-0.15, -0.1) is 0 Å². The van der Waals surface area contributed by atoms with E-state index in [2.05, 4.69) is 55.6 Å².